The van der Waals surface area contributed by atoms with Crippen molar-refractivity contribution in [3.63, 3.8) is 0 Å². The summed E-state index contributed by atoms with van der Waals surface area (Å²) in [6.07, 6.45) is 3.34. The minimum absolute atomic E-state index is 0.0516. The summed E-state index contributed by atoms with van der Waals surface area (Å²) in [5, 5.41) is 6.08. The number of carbonyl (C=O) groups excluding carboxylic acids is 2. The highest BCUT2D eigenvalue weighted by atomic mass is 16.6. The summed E-state index contributed by atoms with van der Waals surface area (Å²) in [4.78, 5) is 22.9. The van der Waals surface area contributed by atoms with Crippen molar-refractivity contribution in [2.45, 2.75) is 31.8 Å². The first-order valence-electron chi connectivity index (χ1n) is 6.35. The number of carbonyl (C=O) groups is 2. The molecule has 5 heteroatoms. The fourth-order valence-corrected chi connectivity index (χ4v) is 2.65. The predicted molar refractivity (Wildman–Crippen MR) is 60.2 cm³/mol. The number of esters is 1. The number of cyclic esters (lactones) is 1. The highest BCUT2D eigenvalue weighted by Gasteiger charge is 2.52. The van der Waals surface area contributed by atoms with Crippen LogP contribution in [0.4, 0.5) is 0 Å². The molecule has 3 fully saturated rings. The van der Waals surface area contributed by atoms with E-state index in [1.165, 1.54) is 12.8 Å². The van der Waals surface area contributed by atoms with E-state index in [-0.39, 0.29) is 23.4 Å². The van der Waals surface area contributed by atoms with Gasteiger partial charge < -0.3 is 15.4 Å². The number of rotatable bonds is 4. The third kappa shape index (κ3) is 2.16. The van der Waals surface area contributed by atoms with Crippen molar-refractivity contribution < 1.29 is 14.3 Å². The Morgan fingerprint density at radius 2 is 2.24 bits per heavy atom. The van der Waals surface area contributed by atoms with Gasteiger partial charge in [0.2, 0.25) is 5.91 Å². The monoisotopic (exact) mass is 238 g/mol. The second-order valence-electron chi connectivity index (χ2n) is 5.57. The lowest BCUT2D eigenvalue weighted by Gasteiger charge is -2.41. The Labute approximate surface area is 100 Å². The van der Waals surface area contributed by atoms with Crippen LogP contribution in [0.25, 0.3) is 0 Å². The van der Waals surface area contributed by atoms with Crippen molar-refractivity contribution in [2.24, 2.45) is 11.3 Å². The average molecular weight is 238 g/mol. The minimum atomic E-state index is -0.139. The van der Waals surface area contributed by atoms with Crippen LogP contribution in [-0.2, 0) is 14.3 Å². The van der Waals surface area contributed by atoms with Crippen LogP contribution in [0.5, 0.6) is 0 Å². The van der Waals surface area contributed by atoms with E-state index in [0.29, 0.717) is 25.3 Å². The molecule has 0 bridgehead atoms. The molecule has 5 nitrogen and oxygen atoms in total. The van der Waals surface area contributed by atoms with Crippen molar-refractivity contribution in [3.05, 3.63) is 0 Å². The largest absolute Gasteiger partial charge is 0.460 e. The Balaban J connectivity index is 1.50. The zero-order chi connectivity index (χ0) is 11.9. The average Bonchev–Trinajstić information content (AvgIpc) is 2.95. The van der Waals surface area contributed by atoms with E-state index in [4.69, 9.17) is 4.74 Å². The first-order chi connectivity index (χ1) is 8.18. The summed E-state index contributed by atoms with van der Waals surface area (Å²) < 4.78 is 5.30. The third-order valence-corrected chi connectivity index (χ3v) is 4.06. The van der Waals surface area contributed by atoms with Gasteiger partial charge in [0.25, 0.3) is 0 Å². The van der Waals surface area contributed by atoms with Crippen LogP contribution >= 0.6 is 0 Å². The van der Waals surface area contributed by atoms with Crippen LogP contribution in [0.1, 0.15) is 25.7 Å². The number of ether oxygens (including phenoxy) is 1. The molecule has 2 heterocycles. The van der Waals surface area contributed by atoms with Gasteiger partial charge in [0.15, 0.2) is 0 Å². The quantitative estimate of drug-likeness (QED) is 0.666. The van der Waals surface area contributed by atoms with Crippen molar-refractivity contribution in [1.82, 2.24) is 10.6 Å². The fraction of sp³-hybridized carbons (Fsp3) is 0.833. The Morgan fingerprint density at radius 1 is 1.47 bits per heavy atom. The highest BCUT2D eigenvalue weighted by Crippen LogP contribution is 2.39. The summed E-state index contributed by atoms with van der Waals surface area (Å²) in [6.45, 7) is 2.11. The maximum Gasteiger partial charge on any atom is 0.306 e. The van der Waals surface area contributed by atoms with E-state index in [0.717, 1.165) is 13.1 Å². The van der Waals surface area contributed by atoms with Gasteiger partial charge in [-0.1, -0.05) is 0 Å². The molecule has 0 radical (unpaired) electrons. The molecule has 0 aromatic carbocycles. The van der Waals surface area contributed by atoms with Crippen LogP contribution in [-0.4, -0.2) is 37.6 Å². The van der Waals surface area contributed by atoms with E-state index >= 15 is 0 Å². The van der Waals surface area contributed by atoms with Crippen molar-refractivity contribution in [1.29, 1.82) is 0 Å². The molecule has 1 atom stereocenters. The van der Waals surface area contributed by atoms with Crippen LogP contribution in [0.3, 0.4) is 0 Å². The molecule has 3 rings (SSSR count). The molecule has 1 amide bonds. The molecule has 0 aromatic rings. The number of nitrogens with one attached hydrogen (secondary N) is 2. The van der Waals surface area contributed by atoms with Crippen LogP contribution < -0.4 is 10.6 Å². The highest BCUT2D eigenvalue weighted by molar-refractivity contribution is 5.77. The normalized spacial score (nSPS) is 29.9. The topological polar surface area (TPSA) is 67.4 Å². The van der Waals surface area contributed by atoms with Gasteiger partial charge in [0.1, 0.15) is 6.10 Å². The molecule has 94 valence electrons. The van der Waals surface area contributed by atoms with Crippen molar-refractivity contribution in [3.8, 4) is 0 Å². The second kappa shape index (κ2) is 3.98. The van der Waals surface area contributed by atoms with Gasteiger partial charge in [0.05, 0.1) is 13.0 Å². The molecule has 1 spiro atoms. The van der Waals surface area contributed by atoms with E-state index in [9.17, 15) is 9.59 Å². The first kappa shape index (κ1) is 11.0. The first-order valence-corrected chi connectivity index (χ1v) is 6.35. The van der Waals surface area contributed by atoms with Gasteiger partial charge in [-0.05, 0) is 18.8 Å². The van der Waals surface area contributed by atoms with E-state index in [1.807, 2.05) is 0 Å². The Morgan fingerprint density at radius 3 is 2.82 bits per heavy atom. The van der Waals surface area contributed by atoms with Gasteiger partial charge in [0, 0.05) is 24.9 Å². The standard InChI is InChI=1S/C12H18N2O3/c15-10(3-8-1-2-8)14-5-9-12(6-13-7-12)4-11(16)17-9/h8-9,13H,1-7H2,(H,14,15). The van der Waals surface area contributed by atoms with Crippen LogP contribution in [0, 0.1) is 11.3 Å². The number of amides is 1. The molecular weight excluding hydrogens is 220 g/mol. The lowest BCUT2D eigenvalue weighted by Crippen LogP contribution is -2.60. The van der Waals surface area contributed by atoms with Gasteiger partial charge in [-0.2, -0.15) is 0 Å². The molecule has 1 saturated carbocycles. The Hall–Kier alpha value is -1.10. The van der Waals surface area contributed by atoms with Gasteiger partial charge in [-0.25, -0.2) is 0 Å². The predicted octanol–water partition coefficient (Wildman–Crippen LogP) is -0.192. The smallest absolute Gasteiger partial charge is 0.306 e. The SMILES string of the molecule is O=C(CC1CC1)NCC1OC(=O)CC12CNC2. The van der Waals surface area contributed by atoms with Crippen LogP contribution in [0.2, 0.25) is 0 Å². The van der Waals surface area contributed by atoms with Gasteiger partial charge in [-0.15, -0.1) is 0 Å². The lowest BCUT2D eigenvalue weighted by atomic mass is 9.75. The summed E-state index contributed by atoms with van der Waals surface area (Å²) in [5.74, 6) is 0.561. The van der Waals surface area contributed by atoms with Crippen molar-refractivity contribution >= 4 is 11.9 Å². The Kier molecular flexibility index (Phi) is 2.58. The number of hydrogen-bond acceptors (Lipinski definition) is 4. The van der Waals surface area contributed by atoms with Crippen molar-refractivity contribution in [2.75, 3.05) is 19.6 Å². The molecule has 1 aliphatic carbocycles. The van der Waals surface area contributed by atoms with E-state index < -0.39 is 0 Å². The molecule has 0 aromatic heterocycles. The molecule has 2 N–H and O–H groups in total. The molecule has 1 unspecified atom stereocenters. The zero-order valence-corrected chi connectivity index (χ0v) is 9.83. The molecule has 2 aliphatic heterocycles. The molecule has 3 aliphatic rings. The molecular formula is C12H18N2O3. The summed E-state index contributed by atoms with van der Waals surface area (Å²) >= 11 is 0. The zero-order valence-electron chi connectivity index (χ0n) is 9.83. The summed E-state index contributed by atoms with van der Waals surface area (Å²) in [7, 11) is 0. The van der Waals surface area contributed by atoms with E-state index in [2.05, 4.69) is 10.6 Å². The minimum Gasteiger partial charge on any atom is -0.460 e. The maximum atomic E-state index is 11.6. The third-order valence-electron chi connectivity index (χ3n) is 4.06. The summed E-state index contributed by atoms with van der Waals surface area (Å²) in [6, 6.07) is 0. The maximum absolute atomic E-state index is 11.6. The van der Waals surface area contributed by atoms with E-state index in [1.54, 1.807) is 0 Å². The van der Waals surface area contributed by atoms with Gasteiger partial charge >= 0.3 is 5.97 Å². The summed E-state index contributed by atoms with van der Waals surface area (Å²) in [5.41, 5.74) is -0.0516. The fourth-order valence-electron chi connectivity index (χ4n) is 2.65. The lowest BCUT2D eigenvalue weighted by molar-refractivity contribution is -0.142. The van der Waals surface area contributed by atoms with Crippen LogP contribution in [0.15, 0.2) is 0 Å². The second-order valence-corrected chi connectivity index (χ2v) is 5.57. The Bertz CT molecular complexity index is 348. The van der Waals surface area contributed by atoms with Gasteiger partial charge in [-0.3, -0.25) is 9.59 Å². The molecule has 17 heavy (non-hydrogen) atoms. The number of hydrogen-bond donors (Lipinski definition) is 2. The molecule has 2 saturated heterocycles.